The van der Waals surface area contributed by atoms with Gasteiger partial charge in [-0.2, -0.15) is 0 Å². The minimum Gasteiger partial charge on any atom is -0.388 e. The van der Waals surface area contributed by atoms with Gasteiger partial charge in [-0.25, -0.2) is 0 Å². The molecule has 25 heavy (non-hydrogen) atoms. The van der Waals surface area contributed by atoms with Gasteiger partial charge in [0.15, 0.2) is 0 Å². The summed E-state index contributed by atoms with van der Waals surface area (Å²) < 4.78 is 14.1. The summed E-state index contributed by atoms with van der Waals surface area (Å²) in [7, 11) is -2.81. The Bertz CT molecular complexity index is 788. The van der Waals surface area contributed by atoms with Crippen molar-refractivity contribution in [2.75, 3.05) is 6.16 Å². The van der Waals surface area contributed by atoms with Crippen LogP contribution in [0.15, 0.2) is 91.0 Å². The van der Waals surface area contributed by atoms with Crippen LogP contribution in [0.2, 0.25) is 0 Å². The fourth-order valence-electron chi connectivity index (χ4n) is 3.18. The SMILES string of the molecule is C[C@@H](CP(=O)(c1ccccc1)c1ccccc1)[C@H](O)c1ccccc1. The zero-order valence-corrected chi connectivity index (χ0v) is 15.2. The van der Waals surface area contributed by atoms with E-state index in [1.807, 2.05) is 97.9 Å². The number of aliphatic hydroxyl groups excluding tert-OH is 1. The Labute approximate surface area is 149 Å². The van der Waals surface area contributed by atoms with Gasteiger partial charge < -0.3 is 9.67 Å². The van der Waals surface area contributed by atoms with Gasteiger partial charge in [0.25, 0.3) is 0 Å². The van der Waals surface area contributed by atoms with Crippen LogP contribution < -0.4 is 10.6 Å². The lowest BCUT2D eigenvalue weighted by molar-refractivity contribution is 0.128. The summed E-state index contributed by atoms with van der Waals surface area (Å²) in [6, 6.07) is 28.8. The van der Waals surface area contributed by atoms with Crippen molar-refractivity contribution in [3.8, 4) is 0 Å². The molecule has 3 rings (SSSR count). The van der Waals surface area contributed by atoms with Gasteiger partial charge in [0.2, 0.25) is 0 Å². The first kappa shape index (κ1) is 17.7. The van der Waals surface area contributed by atoms with E-state index in [0.717, 1.165) is 16.2 Å². The van der Waals surface area contributed by atoms with Crippen molar-refractivity contribution >= 4 is 17.8 Å². The molecule has 2 atom stereocenters. The van der Waals surface area contributed by atoms with Crippen LogP contribution >= 0.6 is 7.14 Å². The lowest BCUT2D eigenvalue weighted by Gasteiger charge is -2.26. The zero-order valence-electron chi connectivity index (χ0n) is 14.3. The molecule has 0 aliphatic heterocycles. The molecule has 0 radical (unpaired) electrons. The van der Waals surface area contributed by atoms with Crippen molar-refractivity contribution in [3.05, 3.63) is 96.6 Å². The molecule has 128 valence electrons. The van der Waals surface area contributed by atoms with E-state index in [1.54, 1.807) is 0 Å². The van der Waals surface area contributed by atoms with E-state index in [2.05, 4.69) is 0 Å². The number of rotatable bonds is 6. The third kappa shape index (κ3) is 3.92. The highest BCUT2D eigenvalue weighted by molar-refractivity contribution is 7.78. The predicted octanol–water partition coefficient (Wildman–Crippen LogP) is 4.37. The first-order valence-corrected chi connectivity index (χ1v) is 10.4. The highest BCUT2D eigenvalue weighted by Crippen LogP contribution is 2.47. The Morgan fingerprint density at radius 3 is 1.60 bits per heavy atom. The van der Waals surface area contributed by atoms with E-state index in [0.29, 0.717) is 6.16 Å². The van der Waals surface area contributed by atoms with Crippen LogP contribution in [0.25, 0.3) is 0 Å². The molecule has 0 aliphatic carbocycles. The minimum atomic E-state index is -2.81. The molecule has 3 heteroatoms. The summed E-state index contributed by atoms with van der Waals surface area (Å²) >= 11 is 0. The van der Waals surface area contributed by atoms with Gasteiger partial charge in [0, 0.05) is 16.8 Å². The molecule has 3 aromatic rings. The quantitative estimate of drug-likeness (QED) is 0.670. The normalized spacial score (nSPS) is 14.0. The second-order valence-corrected chi connectivity index (χ2v) is 9.30. The van der Waals surface area contributed by atoms with Gasteiger partial charge in [-0.3, -0.25) is 0 Å². The van der Waals surface area contributed by atoms with Crippen LogP contribution in [-0.2, 0) is 4.57 Å². The lowest BCUT2D eigenvalue weighted by Crippen LogP contribution is -2.24. The molecular formula is C22H23O2P. The van der Waals surface area contributed by atoms with Crippen molar-refractivity contribution in [1.29, 1.82) is 0 Å². The van der Waals surface area contributed by atoms with Crippen molar-refractivity contribution in [3.63, 3.8) is 0 Å². The Morgan fingerprint density at radius 1 is 0.760 bits per heavy atom. The van der Waals surface area contributed by atoms with Crippen molar-refractivity contribution in [1.82, 2.24) is 0 Å². The number of hydrogen-bond donors (Lipinski definition) is 1. The molecule has 1 N–H and O–H groups in total. The van der Waals surface area contributed by atoms with E-state index in [9.17, 15) is 9.67 Å². The van der Waals surface area contributed by atoms with Crippen molar-refractivity contribution in [2.24, 2.45) is 5.92 Å². The molecule has 0 unspecified atom stereocenters. The molecular weight excluding hydrogens is 327 g/mol. The third-order valence-corrected chi connectivity index (χ3v) is 7.93. The Hall–Kier alpha value is -2.15. The largest absolute Gasteiger partial charge is 0.388 e. The fraction of sp³-hybridized carbons (Fsp3) is 0.182. The van der Waals surface area contributed by atoms with Crippen molar-refractivity contribution in [2.45, 2.75) is 13.0 Å². The van der Waals surface area contributed by atoms with E-state index in [4.69, 9.17) is 0 Å². The van der Waals surface area contributed by atoms with Gasteiger partial charge >= 0.3 is 0 Å². The van der Waals surface area contributed by atoms with E-state index in [-0.39, 0.29) is 5.92 Å². The van der Waals surface area contributed by atoms with Gasteiger partial charge in [-0.1, -0.05) is 97.9 Å². The van der Waals surface area contributed by atoms with Crippen LogP contribution in [-0.4, -0.2) is 11.3 Å². The average molecular weight is 350 g/mol. The summed E-state index contributed by atoms with van der Waals surface area (Å²) in [5.41, 5.74) is 0.864. The smallest absolute Gasteiger partial charge is 0.143 e. The maximum atomic E-state index is 14.1. The van der Waals surface area contributed by atoms with Gasteiger partial charge in [0.1, 0.15) is 7.14 Å². The summed E-state index contributed by atoms with van der Waals surface area (Å²) in [5, 5.41) is 12.4. The molecule has 3 aromatic carbocycles. The maximum absolute atomic E-state index is 14.1. The molecule has 0 amide bonds. The number of aliphatic hydroxyl groups is 1. The lowest BCUT2D eigenvalue weighted by atomic mass is 9.99. The maximum Gasteiger partial charge on any atom is 0.143 e. The second-order valence-electron chi connectivity index (χ2n) is 6.43. The molecule has 0 heterocycles. The molecule has 0 saturated carbocycles. The molecule has 0 aromatic heterocycles. The highest BCUT2D eigenvalue weighted by Gasteiger charge is 2.31. The average Bonchev–Trinajstić information content (AvgIpc) is 2.69. The number of benzene rings is 3. The minimum absolute atomic E-state index is 0.131. The van der Waals surface area contributed by atoms with Crippen molar-refractivity contribution < 1.29 is 9.67 Å². The first-order valence-electron chi connectivity index (χ1n) is 8.54. The Balaban J connectivity index is 1.95. The van der Waals surface area contributed by atoms with E-state index >= 15 is 0 Å². The zero-order chi connectivity index (χ0) is 17.7. The van der Waals surface area contributed by atoms with Gasteiger partial charge in [0.05, 0.1) is 6.10 Å². The van der Waals surface area contributed by atoms with Crippen LogP contribution in [0.4, 0.5) is 0 Å². The molecule has 0 bridgehead atoms. The summed E-state index contributed by atoms with van der Waals surface area (Å²) in [5.74, 6) is -0.131. The topological polar surface area (TPSA) is 37.3 Å². The first-order chi connectivity index (χ1) is 12.1. The highest BCUT2D eigenvalue weighted by atomic mass is 31.2. The monoisotopic (exact) mass is 350 g/mol. The van der Waals surface area contributed by atoms with Gasteiger partial charge in [-0.15, -0.1) is 0 Å². The molecule has 0 saturated heterocycles. The standard InChI is InChI=1S/C22H23O2P/c1-18(22(23)19-11-5-2-6-12-19)17-25(24,20-13-7-3-8-14-20)21-15-9-4-10-16-21/h2-16,18,22-23H,17H2,1H3/t18-,22-/m0/s1. The van der Waals surface area contributed by atoms with E-state index in [1.165, 1.54) is 0 Å². The van der Waals surface area contributed by atoms with Gasteiger partial charge in [-0.05, 0) is 11.5 Å². The summed E-state index contributed by atoms with van der Waals surface area (Å²) in [6.45, 7) is 1.97. The van der Waals surface area contributed by atoms with E-state index < -0.39 is 13.2 Å². The summed E-state index contributed by atoms with van der Waals surface area (Å²) in [4.78, 5) is 0. The molecule has 0 aliphatic rings. The molecule has 0 spiro atoms. The second kappa shape index (κ2) is 7.82. The number of hydrogen-bond acceptors (Lipinski definition) is 2. The predicted molar refractivity (Wildman–Crippen MR) is 105 cm³/mol. The molecule has 0 fully saturated rings. The van der Waals surface area contributed by atoms with Crippen LogP contribution in [0.1, 0.15) is 18.6 Å². The fourth-order valence-corrected chi connectivity index (χ4v) is 6.22. The van der Waals surface area contributed by atoms with Crippen LogP contribution in [0, 0.1) is 5.92 Å². The van der Waals surface area contributed by atoms with Crippen LogP contribution in [0.3, 0.4) is 0 Å². The Kier molecular flexibility index (Phi) is 5.53. The third-order valence-electron chi connectivity index (χ3n) is 4.57. The summed E-state index contributed by atoms with van der Waals surface area (Å²) in [6.07, 6.45) is -0.209. The Morgan fingerprint density at radius 2 is 1.16 bits per heavy atom. The van der Waals surface area contributed by atoms with Crippen LogP contribution in [0.5, 0.6) is 0 Å². The molecule has 2 nitrogen and oxygen atoms in total.